The molecule has 1 rings (SSSR count). The first-order chi connectivity index (χ1) is 8.04. The van der Waals surface area contributed by atoms with Crippen molar-refractivity contribution in [2.45, 2.75) is 44.7 Å². The van der Waals surface area contributed by atoms with Crippen LogP contribution in [0.3, 0.4) is 0 Å². The standard InChI is InChI=1S/C10H19N3O3S/c1-4-13-9(15)11-12-10(13)17-6-8(14)5-16-7(2)3/h7-8,14H,4-6H2,1-3H3,(H,11,15). The Labute approximate surface area is 104 Å². The van der Waals surface area contributed by atoms with E-state index in [4.69, 9.17) is 4.74 Å². The number of aromatic nitrogens is 3. The van der Waals surface area contributed by atoms with Crippen molar-refractivity contribution in [3.63, 3.8) is 0 Å². The van der Waals surface area contributed by atoms with Crippen LogP contribution in [0.1, 0.15) is 20.8 Å². The highest BCUT2D eigenvalue weighted by Crippen LogP contribution is 2.14. The Morgan fingerprint density at radius 1 is 1.59 bits per heavy atom. The van der Waals surface area contributed by atoms with Crippen LogP contribution in [0.5, 0.6) is 0 Å². The van der Waals surface area contributed by atoms with Crippen molar-refractivity contribution < 1.29 is 9.84 Å². The smallest absolute Gasteiger partial charge is 0.343 e. The van der Waals surface area contributed by atoms with E-state index in [0.717, 1.165) is 0 Å². The summed E-state index contributed by atoms with van der Waals surface area (Å²) in [4.78, 5) is 11.3. The zero-order valence-electron chi connectivity index (χ0n) is 10.3. The Morgan fingerprint density at radius 2 is 2.29 bits per heavy atom. The molecule has 0 radical (unpaired) electrons. The van der Waals surface area contributed by atoms with Gasteiger partial charge in [-0.05, 0) is 20.8 Å². The van der Waals surface area contributed by atoms with E-state index in [1.165, 1.54) is 16.3 Å². The minimum absolute atomic E-state index is 0.105. The molecule has 7 heteroatoms. The molecule has 17 heavy (non-hydrogen) atoms. The van der Waals surface area contributed by atoms with Crippen LogP contribution >= 0.6 is 11.8 Å². The maximum atomic E-state index is 11.3. The number of hydrogen-bond donors (Lipinski definition) is 2. The van der Waals surface area contributed by atoms with Crippen molar-refractivity contribution in [1.29, 1.82) is 0 Å². The summed E-state index contributed by atoms with van der Waals surface area (Å²) in [5, 5.41) is 16.5. The third kappa shape index (κ3) is 4.53. The fraction of sp³-hybridized carbons (Fsp3) is 0.800. The quantitative estimate of drug-likeness (QED) is 0.697. The van der Waals surface area contributed by atoms with Crippen molar-refractivity contribution in [2.24, 2.45) is 0 Å². The average Bonchev–Trinajstić information content (AvgIpc) is 2.64. The normalized spacial score (nSPS) is 13.2. The van der Waals surface area contributed by atoms with Crippen LogP contribution < -0.4 is 5.69 Å². The van der Waals surface area contributed by atoms with Gasteiger partial charge in [-0.25, -0.2) is 9.89 Å². The van der Waals surface area contributed by atoms with Gasteiger partial charge in [0.15, 0.2) is 5.16 Å². The summed E-state index contributed by atoms with van der Waals surface area (Å²) in [6.07, 6.45) is -0.451. The van der Waals surface area contributed by atoms with Gasteiger partial charge in [0.2, 0.25) is 0 Å². The van der Waals surface area contributed by atoms with Crippen LogP contribution in [0.25, 0.3) is 0 Å². The predicted octanol–water partition coefficient (Wildman–Crippen LogP) is 0.469. The van der Waals surface area contributed by atoms with E-state index in [0.29, 0.717) is 24.1 Å². The Kier molecular flexibility index (Phi) is 5.73. The molecule has 0 aliphatic heterocycles. The average molecular weight is 261 g/mol. The molecule has 1 aromatic rings. The Balaban J connectivity index is 2.42. The molecule has 6 nitrogen and oxygen atoms in total. The first kappa shape index (κ1) is 14.3. The molecule has 0 aromatic carbocycles. The number of thioether (sulfide) groups is 1. The number of hydrogen-bond acceptors (Lipinski definition) is 5. The predicted molar refractivity (Wildman–Crippen MR) is 66.3 cm³/mol. The summed E-state index contributed by atoms with van der Waals surface area (Å²) in [5.74, 6) is 0.455. The topological polar surface area (TPSA) is 80.1 Å². The number of aliphatic hydroxyl groups is 1. The number of rotatable bonds is 7. The summed E-state index contributed by atoms with van der Waals surface area (Å²) >= 11 is 1.34. The van der Waals surface area contributed by atoms with Crippen LogP contribution in [0.15, 0.2) is 9.95 Å². The Morgan fingerprint density at radius 3 is 2.88 bits per heavy atom. The molecular weight excluding hydrogens is 242 g/mol. The molecule has 1 aromatic heterocycles. The third-order valence-electron chi connectivity index (χ3n) is 2.07. The second-order valence-electron chi connectivity index (χ2n) is 3.90. The van der Waals surface area contributed by atoms with Gasteiger partial charge in [0, 0.05) is 12.3 Å². The zero-order chi connectivity index (χ0) is 12.8. The molecule has 1 unspecified atom stereocenters. The highest BCUT2D eigenvalue weighted by Gasteiger charge is 2.11. The van der Waals surface area contributed by atoms with E-state index in [1.807, 2.05) is 20.8 Å². The second kappa shape index (κ2) is 6.83. The van der Waals surface area contributed by atoms with Crippen LogP contribution in [-0.4, -0.2) is 44.4 Å². The van der Waals surface area contributed by atoms with E-state index in [-0.39, 0.29) is 11.8 Å². The third-order valence-corrected chi connectivity index (χ3v) is 3.19. The van der Waals surface area contributed by atoms with Gasteiger partial charge in [0.25, 0.3) is 0 Å². The lowest BCUT2D eigenvalue weighted by Crippen LogP contribution is -2.21. The molecular formula is C10H19N3O3S. The van der Waals surface area contributed by atoms with E-state index < -0.39 is 6.10 Å². The maximum Gasteiger partial charge on any atom is 0.343 e. The molecule has 0 saturated carbocycles. The number of nitrogens with one attached hydrogen (secondary N) is 1. The Hall–Kier alpha value is -0.790. The molecule has 0 spiro atoms. The van der Waals surface area contributed by atoms with E-state index >= 15 is 0 Å². The van der Waals surface area contributed by atoms with E-state index in [9.17, 15) is 9.90 Å². The summed E-state index contributed by atoms with van der Waals surface area (Å²) in [6.45, 7) is 6.58. The molecule has 2 N–H and O–H groups in total. The molecule has 0 aliphatic carbocycles. The van der Waals surface area contributed by atoms with Crippen molar-refractivity contribution in [3.05, 3.63) is 10.5 Å². The van der Waals surface area contributed by atoms with Crippen molar-refractivity contribution in [1.82, 2.24) is 14.8 Å². The fourth-order valence-corrected chi connectivity index (χ4v) is 2.13. The largest absolute Gasteiger partial charge is 0.390 e. The maximum absolute atomic E-state index is 11.3. The monoisotopic (exact) mass is 261 g/mol. The number of aromatic amines is 1. The van der Waals surface area contributed by atoms with Crippen LogP contribution in [0, 0.1) is 0 Å². The lowest BCUT2D eigenvalue weighted by atomic mass is 10.4. The minimum Gasteiger partial charge on any atom is -0.390 e. The van der Waals surface area contributed by atoms with E-state index in [2.05, 4.69) is 10.2 Å². The zero-order valence-corrected chi connectivity index (χ0v) is 11.2. The molecule has 98 valence electrons. The highest BCUT2D eigenvalue weighted by molar-refractivity contribution is 7.99. The molecule has 1 heterocycles. The van der Waals surface area contributed by atoms with Crippen molar-refractivity contribution in [2.75, 3.05) is 12.4 Å². The fourth-order valence-electron chi connectivity index (χ4n) is 1.21. The lowest BCUT2D eigenvalue weighted by molar-refractivity contribution is 0.0152. The second-order valence-corrected chi connectivity index (χ2v) is 4.89. The van der Waals surface area contributed by atoms with Gasteiger partial charge in [-0.2, -0.15) is 0 Å². The molecule has 0 amide bonds. The summed E-state index contributed by atoms with van der Waals surface area (Å²) in [5.41, 5.74) is -0.220. The van der Waals surface area contributed by atoms with Crippen LogP contribution in [-0.2, 0) is 11.3 Å². The first-order valence-corrected chi connectivity index (χ1v) is 6.60. The number of aliphatic hydroxyl groups excluding tert-OH is 1. The van der Waals surface area contributed by atoms with Gasteiger partial charge in [-0.3, -0.25) is 4.57 Å². The summed E-state index contributed by atoms with van der Waals surface area (Å²) in [6, 6.07) is 0. The molecule has 0 saturated heterocycles. The van der Waals surface area contributed by atoms with Crippen molar-refractivity contribution >= 4 is 11.8 Å². The van der Waals surface area contributed by atoms with Crippen molar-refractivity contribution in [3.8, 4) is 0 Å². The molecule has 0 fully saturated rings. The van der Waals surface area contributed by atoms with Crippen LogP contribution in [0.2, 0.25) is 0 Å². The lowest BCUT2D eigenvalue weighted by Gasteiger charge is -2.12. The number of nitrogens with zero attached hydrogens (tertiary/aromatic N) is 2. The van der Waals surface area contributed by atoms with Gasteiger partial charge < -0.3 is 9.84 Å². The summed E-state index contributed by atoms with van der Waals surface area (Å²) in [7, 11) is 0. The first-order valence-electron chi connectivity index (χ1n) is 5.62. The van der Waals surface area contributed by atoms with Gasteiger partial charge in [-0.1, -0.05) is 11.8 Å². The molecule has 0 bridgehead atoms. The summed E-state index contributed by atoms with van der Waals surface area (Å²) < 4.78 is 6.82. The minimum atomic E-state index is -0.556. The van der Waals surface area contributed by atoms with Gasteiger partial charge in [0.05, 0.1) is 18.8 Å². The Bertz CT molecular complexity index is 388. The van der Waals surface area contributed by atoms with Gasteiger partial charge >= 0.3 is 5.69 Å². The number of H-pyrrole nitrogens is 1. The SMILES string of the molecule is CCn1c(SCC(O)COC(C)C)n[nH]c1=O. The van der Waals surface area contributed by atoms with Crippen LogP contribution in [0.4, 0.5) is 0 Å². The molecule has 0 aliphatic rings. The number of ether oxygens (including phenoxy) is 1. The highest BCUT2D eigenvalue weighted by atomic mass is 32.2. The van der Waals surface area contributed by atoms with Gasteiger partial charge in [-0.15, -0.1) is 5.10 Å². The van der Waals surface area contributed by atoms with E-state index in [1.54, 1.807) is 0 Å². The van der Waals surface area contributed by atoms with Gasteiger partial charge in [0.1, 0.15) is 0 Å². The molecule has 1 atom stereocenters.